The molecule has 0 aliphatic carbocycles. The molecule has 0 aliphatic rings. The fraction of sp³-hybridized carbons (Fsp3) is 0.118. The summed E-state index contributed by atoms with van der Waals surface area (Å²) >= 11 is 0. The molecule has 11 heteroatoms. The highest BCUT2D eigenvalue weighted by atomic mass is 19.1. The SMILES string of the molecule is O=C(CNC(=O)NCc1ccc(F)cc1)Nc1cc(-n2cnnn2)ccc1F. The van der Waals surface area contributed by atoms with E-state index in [0.29, 0.717) is 11.3 Å². The number of amides is 3. The topological polar surface area (TPSA) is 114 Å². The van der Waals surface area contributed by atoms with Gasteiger partial charge in [-0.05, 0) is 46.3 Å². The van der Waals surface area contributed by atoms with Crippen molar-refractivity contribution in [3.8, 4) is 5.69 Å². The van der Waals surface area contributed by atoms with Crippen LogP contribution in [0.4, 0.5) is 19.3 Å². The van der Waals surface area contributed by atoms with E-state index in [1.807, 2.05) is 0 Å². The molecule has 28 heavy (non-hydrogen) atoms. The van der Waals surface area contributed by atoms with Crippen LogP contribution in [0.5, 0.6) is 0 Å². The lowest BCUT2D eigenvalue weighted by atomic mass is 10.2. The largest absolute Gasteiger partial charge is 0.334 e. The van der Waals surface area contributed by atoms with E-state index in [9.17, 15) is 18.4 Å². The molecule has 0 saturated carbocycles. The average molecular weight is 387 g/mol. The molecule has 3 N–H and O–H groups in total. The monoisotopic (exact) mass is 387 g/mol. The van der Waals surface area contributed by atoms with E-state index in [1.165, 1.54) is 47.4 Å². The van der Waals surface area contributed by atoms with E-state index in [-0.39, 0.29) is 24.6 Å². The van der Waals surface area contributed by atoms with E-state index < -0.39 is 17.8 Å². The second kappa shape index (κ2) is 8.66. The standard InChI is InChI=1S/C17H15F2N7O2/c18-12-3-1-11(2-4-12)8-20-17(28)21-9-16(27)23-15-7-13(5-6-14(15)19)26-10-22-24-25-26/h1-7,10H,8-9H2,(H,23,27)(H2,20,21,28). The molecule has 0 saturated heterocycles. The molecular weight excluding hydrogens is 372 g/mol. The van der Waals surface area contributed by atoms with Gasteiger partial charge in [-0.15, -0.1) is 5.10 Å². The smallest absolute Gasteiger partial charge is 0.315 e. The zero-order valence-corrected chi connectivity index (χ0v) is 14.4. The minimum atomic E-state index is -0.647. The zero-order valence-electron chi connectivity index (χ0n) is 14.4. The highest BCUT2D eigenvalue weighted by Crippen LogP contribution is 2.18. The van der Waals surface area contributed by atoms with E-state index >= 15 is 0 Å². The Kier molecular flexibility index (Phi) is 5.84. The average Bonchev–Trinajstić information content (AvgIpc) is 3.22. The number of aromatic nitrogens is 4. The van der Waals surface area contributed by atoms with Gasteiger partial charge in [-0.2, -0.15) is 0 Å². The molecule has 0 aliphatic heterocycles. The first-order valence-electron chi connectivity index (χ1n) is 8.10. The first-order chi connectivity index (χ1) is 13.5. The van der Waals surface area contributed by atoms with Gasteiger partial charge in [0, 0.05) is 6.54 Å². The van der Waals surface area contributed by atoms with E-state index in [2.05, 4.69) is 31.5 Å². The molecule has 0 unspecified atom stereocenters. The number of halogens is 2. The number of rotatable bonds is 6. The fourth-order valence-electron chi connectivity index (χ4n) is 2.23. The summed E-state index contributed by atoms with van der Waals surface area (Å²) in [5, 5.41) is 17.9. The first-order valence-corrected chi connectivity index (χ1v) is 8.10. The Hall–Kier alpha value is -3.89. The van der Waals surface area contributed by atoms with Crippen molar-refractivity contribution >= 4 is 17.6 Å². The Morgan fingerprint density at radius 3 is 2.54 bits per heavy atom. The summed E-state index contributed by atoms with van der Waals surface area (Å²) in [7, 11) is 0. The Balaban J connectivity index is 1.49. The van der Waals surface area contributed by atoms with Gasteiger partial charge in [-0.25, -0.2) is 18.3 Å². The number of nitrogens with zero attached hydrogens (tertiary/aromatic N) is 4. The minimum Gasteiger partial charge on any atom is -0.334 e. The molecule has 0 bridgehead atoms. The molecule has 0 fully saturated rings. The van der Waals surface area contributed by atoms with Crippen molar-refractivity contribution in [2.45, 2.75) is 6.54 Å². The molecule has 3 amide bonds. The number of hydrogen-bond acceptors (Lipinski definition) is 5. The van der Waals surface area contributed by atoms with Crippen molar-refractivity contribution in [1.29, 1.82) is 0 Å². The second-order valence-electron chi connectivity index (χ2n) is 5.63. The number of nitrogens with one attached hydrogen (secondary N) is 3. The van der Waals surface area contributed by atoms with Crippen molar-refractivity contribution in [3.63, 3.8) is 0 Å². The van der Waals surface area contributed by atoms with Crippen LogP contribution in [0.1, 0.15) is 5.56 Å². The maximum absolute atomic E-state index is 13.9. The van der Waals surface area contributed by atoms with Crippen molar-refractivity contribution in [2.75, 3.05) is 11.9 Å². The van der Waals surface area contributed by atoms with Crippen LogP contribution in [0.2, 0.25) is 0 Å². The number of carbonyl (C=O) groups excluding carboxylic acids is 2. The van der Waals surface area contributed by atoms with Crippen LogP contribution >= 0.6 is 0 Å². The molecule has 0 atom stereocenters. The van der Waals surface area contributed by atoms with Crippen LogP contribution in [0.25, 0.3) is 5.69 Å². The normalized spacial score (nSPS) is 10.4. The van der Waals surface area contributed by atoms with Gasteiger partial charge in [-0.3, -0.25) is 4.79 Å². The van der Waals surface area contributed by atoms with Gasteiger partial charge in [0.2, 0.25) is 5.91 Å². The molecule has 9 nitrogen and oxygen atoms in total. The molecule has 3 aromatic rings. The van der Waals surface area contributed by atoms with Crippen LogP contribution in [0.3, 0.4) is 0 Å². The Bertz CT molecular complexity index is 962. The lowest BCUT2D eigenvalue weighted by Gasteiger charge is -2.10. The van der Waals surface area contributed by atoms with Crippen LogP contribution < -0.4 is 16.0 Å². The first kappa shape index (κ1) is 18.9. The van der Waals surface area contributed by atoms with Gasteiger partial charge in [0.1, 0.15) is 18.0 Å². The fourth-order valence-corrected chi connectivity index (χ4v) is 2.23. The summed E-state index contributed by atoms with van der Waals surface area (Å²) in [4.78, 5) is 23.7. The van der Waals surface area contributed by atoms with Gasteiger partial charge in [0.15, 0.2) is 0 Å². The summed E-state index contributed by atoms with van der Waals surface area (Å²) < 4.78 is 28.0. The molecule has 0 spiro atoms. The molecule has 144 valence electrons. The van der Waals surface area contributed by atoms with Crippen molar-refractivity contribution in [1.82, 2.24) is 30.8 Å². The van der Waals surface area contributed by atoms with Crippen LogP contribution in [0, 0.1) is 11.6 Å². The number of urea groups is 1. The van der Waals surface area contributed by atoms with Crippen molar-refractivity contribution < 1.29 is 18.4 Å². The Morgan fingerprint density at radius 1 is 1.04 bits per heavy atom. The quantitative estimate of drug-likeness (QED) is 0.591. The Labute approximate surface area is 157 Å². The molecule has 1 heterocycles. The summed E-state index contributed by atoms with van der Waals surface area (Å²) in [6.45, 7) is -0.208. The summed E-state index contributed by atoms with van der Waals surface area (Å²) in [5.41, 5.74) is 1.07. The number of anilines is 1. The number of tetrazole rings is 1. The third kappa shape index (κ3) is 5.06. The molecule has 2 aromatic carbocycles. The van der Waals surface area contributed by atoms with Crippen LogP contribution in [0.15, 0.2) is 48.8 Å². The third-order valence-corrected chi connectivity index (χ3v) is 3.61. The van der Waals surface area contributed by atoms with Gasteiger partial charge in [0.05, 0.1) is 17.9 Å². The summed E-state index contributed by atoms with van der Waals surface area (Å²) in [6.07, 6.45) is 1.33. The Morgan fingerprint density at radius 2 is 1.82 bits per heavy atom. The van der Waals surface area contributed by atoms with Crippen molar-refractivity contribution in [3.05, 3.63) is 66.0 Å². The van der Waals surface area contributed by atoms with Gasteiger partial charge in [0.25, 0.3) is 0 Å². The molecule has 0 radical (unpaired) electrons. The third-order valence-electron chi connectivity index (χ3n) is 3.61. The summed E-state index contributed by atoms with van der Waals surface area (Å²) in [5.74, 6) is -1.64. The molecule has 3 rings (SSSR count). The van der Waals surface area contributed by atoms with E-state index in [0.717, 1.165) is 6.07 Å². The minimum absolute atomic E-state index is 0.0773. The maximum Gasteiger partial charge on any atom is 0.315 e. The lowest BCUT2D eigenvalue weighted by molar-refractivity contribution is -0.115. The predicted molar refractivity (Wildman–Crippen MR) is 94.4 cm³/mol. The van der Waals surface area contributed by atoms with E-state index in [1.54, 1.807) is 0 Å². The number of benzene rings is 2. The number of hydrogen-bond donors (Lipinski definition) is 3. The number of carbonyl (C=O) groups is 2. The zero-order chi connectivity index (χ0) is 19.9. The van der Waals surface area contributed by atoms with Crippen molar-refractivity contribution in [2.24, 2.45) is 0 Å². The van der Waals surface area contributed by atoms with Gasteiger partial charge >= 0.3 is 6.03 Å². The van der Waals surface area contributed by atoms with Crippen LogP contribution in [-0.4, -0.2) is 38.7 Å². The maximum atomic E-state index is 13.9. The summed E-state index contributed by atoms with van der Waals surface area (Å²) in [6, 6.07) is 8.99. The van der Waals surface area contributed by atoms with E-state index in [4.69, 9.17) is 0 Å². The van der Waals surface area contributed by atoms with Gasteiger partial charge < -0.3 is 16.0 Å². The molecular formula is C17H15F2N7O2. The predicted octanol–water partition coefficient (Wildman–Crippen LogP) is 1.38. The second-order valence-corrected chi connectivity index (χ2v) is 5.63. The highest BCUT2D eigenvalue weighted by Gasteiger charge is 2.11. The lowest BCUT2D eigenvalue weighted by Crippen LogP contribution is -2.39. The van der Waals surface area contributed by atoms with Crippen LogP contribution in [-0.2, 0) is 11.3 Å². The highest BCUT2D eigenvalue weighted by molar-refractivity contribution is 5.94. The molecule has 1 aromatic heterocycles. The van der Waals surface area contributed by atoms with Gasteiger partial charge in [-0.1, -0.05) is 12.1 Å².